The van der Waals surface area contributed by atoms with Gasteiger partial charge in [0.15, 0.2) is 0 Å². The Bertz CT molecular complexity index is 565. The average molecular weight is 312 g/mol. The average Bonchev–Trinajstić information content (AvgIpc) is 2.92. The van der Waals surface area contributed by atoms with Gasteiger partial charge in [-0.1, -0.05) is 43.1 Å². The van der Waals surface area contributed by atoms with Gasteiger partial charge in [-0.05, 0) is 42.8 Å². The lowest BCUT2D eigenvalue weighted by Gasteiger charge is -2.17. The van der Waals surface area contributed by atoms with Crippen LogP contribution in [0.5, 0.6) is 0 Å². The fourth-order valence-corrected chi connectivity index (χ4v) is 2.41. The molecule has 4 heteroatoms. The summed E-state index contributed by atoms with van der Waals surface area (Å²) in [7, 11) is 0. The molecule has 2 nitrogen and oxygen atoms in total. The number of hydrogen-bond donors (Lipinski definition) is 1. The van der Waals surface area contributed by atoms with Crippen molar-refractivity contribution in [3.63, 3.8) is 0 Å². The molecule has 0 saturated heterocycles. The third kappa shape index (κ3) is 3.57. The lowest BCUT2D eigenvalue weighted by atomic mass is 10.0. The second kappa shape index (κ2) is 7.16. The maximum atomic E-state index is 6.12. The van der Waals surface area contributed by atoms with Gasteiger partial charge in [0.1, 0.15) is 11.5 Å². The highest BCUT2D eigenvalue weighted by molar-refractivity contribution is 6.42. The van der Waals surface area contributed by atoms with Crippen LogP contribution in [0.15, 0.2) is 34.7 Å². The first-order valence-electron chi connectivity index (χ1n) is 6.92. The largest absolute Gasteiger partial charge is 0.464 e. The van der Waals surface area contributed by atoms with E-state index in [2.05, 4.69) is 19.2 Å². The van der Waals surface area contributed by atoms with Crippen LogP contribution in [0, 0.1) is 0 Å². The van der Waals surface area contributed by atoms with E-state index in [9.17, 15) is 0 Å². The van der Waals surface area contributed by atoms with Gasteiger partial charge < -0.3 is 9.73 Å². The van der Waals surface area contributed by atoms with Gasteiger partial charge in [0.05, 0.1) is 16.1 Å². The SMILES string of the molecule is CCCNC(c1ccc(Cl)c(Cl)c1)c1ccc(CC)o1. The highest BCUT2D eigenvalue weighted by Gasteiger charge is 2.18. The van der Waals surface area contributed by atoms with Crippen molar-refractivity contribution >= 4 is 23.2 Å². The Hall–Kier alpha value is -0.960. The van der Waals surface area contributed by atoms with Crippen LogP contribution in [0.4, 0.5) is 0 Å². The lowest BCUT2D eigenvalue weighted by Crippen LogP contribution is -2.22. The van der Waals surface area contributed by atoms with Gasteiger partial charge in [-0.3, -0.25) is 0 Å². The van der Waals surface area contributed by atoms with Crippen molar-refractivity contribution in [3.05, 3.63) is 57.5 Å². The first-order valence-corrected chi connectivity index (χ1v) is 7.68. The highest BCUT2D eigenvalue weighted by Crippen LogP contribution is 2.29. The van der Waals surface area contributed by atoms with Crippen LogP contribution in [-0.4, -0.2) is 6.54 Å². The minimum absolute atomic E-state index is 0.00465. The smallest absolute Gasteiger partial charge is 0.125 e. The van der Waals surface area contributed by atoms with Crippen molar-refractivity contribution in [2.75, 3.05) is 6.54 Å². The van der Waals surface area contributed by atoms with Gasteiger partial charge in [0.2, 0.25) is 0 Å². The Labute approximate surface area is 130 Å². The Balaban J connectivity index is 2.32. The highest BCUT2D eigenvalue weighted by atomic mass is 35.5. The zero-order valence-electron chi connectivity index (χ0n) is 11.7. The molecule has 0 aliphatic carbocycles. The molecule has 0 fully saturated rings. The number of hydrogen-bond acceptors (Lipinski definition) is 2. The van der Waals surface area contributed by atoms with Crippen molar-refractivity contribution in [1.29, 1.82) is 0 Å². The molecular formula is C16H19Cl2NO. The van der Waals surface area contributed by atoms with Crippen LogP contribution in [0.25, 0.3) is 0 Å². The fourth-order valence-electron chi connectivity index (χ4n) is 2.10. The number of furan rings is 1. The molecule has 2 rings (SSSR count). The van der Waals surface area contributed by atoms with Crippen molar-refractivity contribution in [2.24, 2.45) is 0 Å². The zero-order valence-corrected chi connectivity index (χ0v) is 13.3. The van der Waals surface area contributed by atoms with Gasteiger partial charge >= 0.3 is 0 Å². The van der Waals surface area contributed by atoms with E-state index in [0.29, 0.717) is 10.0 Å². The third-order valence-electron chi connectivity index (χ3n) is 3.19. The lowest BCUT2D eigenvalue weighted by molar-refractivity contribution is 0.422. The third-order valence-corrected chi connectivity index (χ3v) is 3.93. The van der Waals surface area contributed by atoms with Crippen LogP contribution in [0.2, 0.25) is 10.0 Å². The minimum Gasteiger partial charge on any atom is -0.464 e. The molecule has 1 aromatic carbocycles. The number of rotatable bonds is 6. The molecule has 0 saturated carbocycles. The van der Waals surface area contributed by atoms with Gasteiger partial charge in [-0.2, -0.15) is 0 Å². The van der Waals surface area contributed by atoms with Gasteiger partial charge in [0.25, 0.3) is 0 Å². The molecule has 0 bridgehead atoms. The summed E-state index contributed by atoms with van der Waals surface area (Å²) in [6.07, 6.45) is 1.95. The van der Waals surface area contributed by atoms with Gasteiger partial charge in [-0.15, -0.1) is 0 Å². The molecule has 1 N–H and O–H groups in total. The van der Waals surface area contributed by atoms with Crippen LogP contribution in [-0.2, 0) is 6.42 Å². The standard InChI is InChI=1S/C16H19Cl2NO/c1-3-9-19-16(15-8-6-12(4-2)20-15)11-5-7-13(17)14(18)10-11/h5-8,10,16,19H,3-4,9H2,1-2H3. The molecule has 1 atom stereocenters. The Morgan fingerprint density at radius 2 is 1.90 bits per heavy atom. The second-order valence-electron chi connectivity index (χ2n) is 4.72. The molecule has 0 spiro atoms. The van der Waals surface area contributed by atoms with E-state index in [1.54, 1.807) is 0 Å². The number of aryl methyl sites for hydroxylation is 1. The summed E-state index contributed by atoms with van der Waals surface area (Å²) >= 11 is 12.1. The van der Waals surface area contributed by atoms with Crippen LogP contribution in [0.1, 0.15) is 43.4 Å². The monoisotopic (exact) mass is 311 g/mol. The van der Waals surface area contributed by atoms with Gasteiger partial charge in [-0.25, -0.2) is 0 Å². The van der Waals surface area contributed by atoms with E-state index < -0.39 is 0 Å². The summed E-state index contributed by atoms with van der Waals surface area (Å²) in [5, 5.41) is 4.62. The fraction of sp³-hybridized carbons (Fsp3) is 0.375. The molecule has 0 aliphatic heterocycles. The maximum absolute atomic E-state index is 6.12. The summed E-state index contributed by atoms with van der Waals surface area (Å²) in [4.78, 5) is 0. The number of benzene rings is 1. The minimum atomic E-state index is 0.00465. The zero-order chi connectivity index (χ0) is 14.5. The quantitative estimate of drug-likeness (QED) is 0.789. The predicted octanol–water partition coefficient (Wildman–Crippen LogP) is 5.24. The van der Waals surface area contributed by atoms with E-state index in [4.69, 9.17) is 27.6 Å². The van der Waals surface area contributed by atoms with E-state index in [0.717, 1.165) is 36.5 Å². The van der Waals surface area contributed by atoms with Crippen molar-refractivity contribution in [2.45, 2.75) is 32.7 Å². The van der Waals surface area contributed by atoms with Crippen LogP contribution < -0.4 is 5.32 Å². The number of halogens is 2. The summed E-state index contributed by atoms with van der Waals surface area (Å²) in [6.45, 7) is 5.13. The second-order valence-corrected chi connectivity index (χ2v) is 5.53. The van der Waals surface area contributed by atoms with Crippen LogP contribution >= 0.6 is 23.2 Å². The molecule has 1 aromatic heterocycles. The molecule has 108 valence electrons. The van der Waals surface area contributed by atoms with E-state index >= 15 is 0 Å². The van der Waals surface area contributed by atoms with E-state index in [-0.39, 0.29) is 6.04 Å². The Kier molecular flexibility index (Phi) is 5.53. The van der Waals surface area contributed by atoms with E-state index in [1.165, 1.54) is 0 Å². The normalized spacial score (nSPS) is 12.6. The Morgan fingerprint density at radius 3 is 2.50 bits per heavy atom. The maximum Gasteiger partial charge on any atom is 0.125 e. The topological polar surface area (TPSA) is 25.2 Å². The summed E-state index contributed by atoms with van der Waals surface area (Å²) < 4.78 is 5.88. The summed E-state index contributed by atoms with van der Waals surface area (Å²) in [5.74, 6) is 1.90. The van der Waals surface area contributed by atoms with E-state index in [1.807, 2.05) is 30.3 Å². The molecule has 0 aliphatic rings. The molecular weight excluding hydrogens is 293 g/mol. The van der Waals surface area contributed by atoms with Crippen molar-refractivity contribution < 1.29 is 4.42 Å². The molecule has 20 heavy (non-hydrogen) atoms. The van der Waals surface area contributed by atoms with Crippen molar-refractivity contribution in [1.82, 2.24) is 5.32 Å². The number of nitrogens with one attached hydrogen (secondary N) is 1. The molecule has 1 unspecified atom stereocenters. The first kappa shape index (κ1) is 15.4. The van der Waals surface area contributed by atoms with Crippen LogP contribution in [0.3, 0.4) is 0 Å². The Morgan fingerprint density at radius 1 is 1.10 bits per heavy atom. The summed E-state index contributed by atoms with van der Waals surface area (Å²) in [6, 6.07) is 9.75. The van der Waals surface area contributed by atoms with Crippen molar-refractivity contribution in [3.8, 4) is 0 Å². The summed E-state index contributed by atoms with van der Waals surface area (Å²) in [5.41, 5.74) is 1.06. The predicted molar refractivity (Wildman–Crippen MR) is 84.7 cm³/mol. The first-order chi connectivity index (χ1) is 9.65. The molecule has 0 amide bonds. The molecule has 0 radical (unpaired) electrons. The molecule has 2 aromatic rings. The van der Waals surface area contributed by atoms with Gasteiger partial charge in [0, 0.05) is 6.42 Å². The molecule has 1 heterocycles.